The second-order valence-electron chi connectivity index (χ2n) is 11.1. The molecule has 1 N–H and O–H groups in total. The Morgan fingerprint density at radius 1 is 1.14 bits per heavy atom. The maximum atomic E-state index is 13.9. The molecule has 11 nitrogen and oxygen atoms in total. The lowest BCUT2D eigenvalue weighted by Gasteiger charge is -2.34. The maximum absolute atomic E-state index is 13.9. The minimum absolute atomic E-state index is 0.155. The summed E-state index contributed by atoms with van der Waals surface area (Å²) in [6.45, 7) is 7.38. The van der Waals surface area contributed by atoms with Gasteiger partial charge in [0.1, 0.15) is 5.60 Å². The molecule has 0 saturated carbocycles. The molecule has 0 saturated heterocycles. The largest absolute Gasteiger partial charge is 0.443 e. The summed E-state index contributed by atoms with van der Waals surface area (Å²) in [5, 5.41) is 8.28. The lowest BCUT2D eigenvalue weighted by Crippen LogP contribution is -2.46. The number of nitrogens with zero attached hydrogens (tertiary/aromatic N) is 5. The number of rotatable bonds is 4. The van der Waals surface area contributed by atoms with Gasteiger partial charge in [0.15, 0.2) is 11.4 Å². The molecule has 1 aliphatic rings. The number of hydrogen-bond donors (Lipinski definition) is 1. The van der Waals surface area contributed by atoms with Gasteiger partial charge in [-0.3, -0.25) is 14.5 Å². The predicted octanol–water partition coefficient (Wildman–Crippen LogP) is 5.68. The summed E-state index contributed by atoms with van der Waals surface area (Å²) in [5.74, 6) is 0.350. The van der Waals surface area contributed by atoms with Crippen LogP contribution in [0.4, 0.5) is 16.6 Å². The van der Waals surface area contributed by atoms with Crippen LogP contribution in [-0.4, -0.2) is 57.3 Å². The number of anilines is 2. The molecule has 0 fully saturated rings. The second-order valence-corrected chi connectivity index (χ2v) is 11.9. The third kappa shape index (κ3) is 5.41. The Labute approximate surface area is 251 Å². The van der Waals surface area contributed by atoms with Gasteiger partial charge in [-0.15, -0.1) is 0 Å². The van der Waals surface area contributed by atoms with Crippen LogP contribution in [0, 0.1) is 0 Å². The third-order valence-corrected chi connectivity index (χ3v) is 7.68. The van der Waals surface area contributed by atoms with Crippen LogP contribution in [0.5, 0.6) is 0 Å². The molecule has 1 aliphatic heterocycles. The van der Waals surface area contributed by atoms with E-state index in [1.165, 1.54) is 15.5 Å². The van der Waals surface area contributed by atoms with Gasteiger partial charge in [-0.2, -0.15) is 0 Å². The predicted molar refractivity (Wildman–Crippen MR) is 161 cm³/mol. The number of benzene rings is 2. The summed E-state index contributed by atoms with van der Waals surface area (Å²) >= 11 is 12.2. The number of halogens is 2. The molecular weight excluding hydrogens is 583 g/mol. The summed E-state index contributed by atoms with van der Waals surface area (Å²) < 4.78 is 12.4. The van der Waals surface area contributed by atoms with Crippen LogP contribution in [0.25, 0.3) is 16.7 Å². The molecular formula is C29H30Cl2N6O5. The maximum Gasteiger partial charge on any atom is 0.415 e. The second kappa shape index (κ2) is 11.0. The van der Waals surface area contributed by atoms with E-state index in [9.17, 15) is 14.4 Å². The van der Waals surface area contributed by atoms with Gasteiger partial charge in [-0.05, 0) is 64.4 Å². The van der Waals surface area contributed by atoms with Crippen LogP contribution >= 0.6 is 23.2 Å². The minimum Gasteiger partial charge on any atom is -0.443 e. The van der Waals surface area contributed by atoms with E-state index in [0.29, 0.717) is 55.9 Å². The molecule has 0 unspecified atom stereocenters. The van der Waals surface area contributed by atoms with E-state index in [-0.39, 0.29) is 29.9 Å². The molecule has 0 radical (unpaired) electrons. The summed E-state index contributed by atoms with van der Waals surface area (Å²) in [7, 11) is 3.21. The van der Waals surface area contributed by atoms with Gasteiger partial charge >= 0.3 is 6.09 Å². The van der Waals surface area contributed by atoms with Crippen LogP contribution in [-0.2, 0) is 17.7 Å². The fourth-order valence-electron chi connectivity index (χ4n) is 4.84. The fourth-order valence-corrected chi connectivity index (χ4v) is 5.14. The molecule has 5 rings (SSSR count). The Morgan fingerprint density at radius 2 is 1.88 bits per heavy atom. The molecule has 0 spiro atoms. The van der Waals surface area contributed by atoms with Crippen molar-refractivity contribution in [3.63, 3.8) is 0 Å². The van der Waals surface area contributed by atoms with Gasteiger partial charge in [0.05, 0.1) is 33.4 Å². The molecule has 42 heavy (non-hydrogen) atoms. The van der Waals surface area contributed by atoms with Crippen molar-refractivity contribution in [2.24, 2.45) is 0 Å². The topological polar surface area (TPSA) is 123 Å². The van der Waals surface area contributed by atoms with Gasteiger partial charge in [0, 0.05) is 37.3 Å². The van der Waals surface area contributed by atoms with Gasteiger partial charge in [0.2, 0.25) is 5.95 Å². The smallest absolute Gasteiger partial charge is 0.415 e. The Balaban J connectivity index is 1.49. The molecule has 2 amide bonds. The van der Waals surface area contributed by atoms with Crippen molar-refractivity contribution < 1.29 is 18.8 Å². The normalized spacial score (nSPS) is 15.0. The van der Waals surface area contributed by atoms with E-state index in [1.807, 2.05) is 6.92 Å². The molecule has 2 aromatic heterocycles. The van der Waals surface area contributed by atoms with Crippen LogP contribution in [0.15, 0.2) is 45.7 Å². The fraction of sp³-hybridized carbons (Fsp3) is 0.345. The molecule has 1 atom stereocenters. The van der Waals surface area contributed by atoms with Gasteiger partial charge in [-0.25, -0.2) is 14.3 Å². The Kier molecular flexibility index (Phi) is 7.67. The third-order valence-electron chi connectivity index (χ3n) is 6.94. The molecule has 3 heterocycles. The summed E-state index contributed by atoms with van der Waals surface area (Å²) in [6, 6.07) is 9.59. The van der Waals surface area contributed by atoms with Crippen LogP contribution in [0.3, 0.4) is 0 Å². The lowest BCUT2D eigenvalue weighted by molar-refractivity contribution is 0.0586. The number of hydrogen-bond acceptors (Lipinski definition) is 8. The van der Waals surface area contributed by atoms with Crippen molar-refractivity contribution in [3.05, 3.63) is 73.6 Å². The molecule has 4 aromatic rings. The van der Waals surface area contributed by atoms with E-state index in [2.05, 4.69) is 10.5 Å². The van der Waals surface area contributed by atoms with Crippen LogP contribution < -0.4 is 15.8 Å². The van der Waals surface area contributed by atoms with E-state index in [4.69, 9.17) is 37.4 Å². The number of carbonyl (C=O) groups is 2. The highest BCUT2D eigenvalue weighted by atomic mass is 35.5. The van der Waals surface area contributed by atoms with Crippen LogP contribution in [0.1, 0.15) is 49.3 Å². The Morgan fingerprint density at radius 3 is 2.55 bits per heavy atom. The first-order valence-corrected chi connectivity index (χ1v) is 14.0. The first-order valence-electron chi connectivity index (χ1n) is 13.2. The average molecular weight is 614 g/mol. The number of aromatic nitrogens is 3. The molecule has 13 heteroatoms. The van der Waals surface area contributed by atoms with Crippen molar-refractivity contribution >= 4 is 57.9 Å². The summed E-state index contributed by atoms with van der Waals surface area (Å²) in [4.78, 5) is 47.5. The van der Waals surface area contributed by atoms with Gasteiger partial charge < -0.3 is 19.5 Å². The van der Waals surface area contributed by atoms with Crippen LogP contribution in [0.2, 0.25) is 10.0 Å². The van der Waals surface area contributed by atoms with E-state index >= 15 is 0 Å². The quantitative estimate of drug-likeness (QED) is 0.312. The Hall–Kier alpha value is -4.09. The lowest BCUT2D eigenvalue weighted by atomic mass is 9.98. The number of ether oxygens (including phenoxy) is 1. The zero-order valence-electron chi connectivity index (χ0n) is 24.0. The van der Waals surface area contributed by atoms with Crippen molar-refractivity contribution in [2.45, 2.75) is 52.3 Å². The Bertz CT molecular complexity index is 1780. The van der Waals surface area contributed by atoms with E-state index in [0.717, 1.165) is 0 Å². The van der Waals surface area contributed by atoms with Gasteiger partial charge in [0.25, 0.3) is 11.5 Å². The standard InChI is InChI=1S/C29H30Cl2N6O5/c1-15-11-19-22(14-36(15)25(38)16-7-10-20(30)21(31)12-16)33-27(32-5)37(26(19)39)17-8-9-18-23(13-17)42-34-24(18)35(6)28(40)41-29(2,3)4/h7-10,12-13,15H,11,14H2,1-6H3,(H,32,33)/t15-/m1/s1. The van der Waals surface area contributed by atoms with Crippen molar-refractivity contribution in [2.75, 3.05) is 24.3 Å². The van der Waals surface area contributed by atoms with Crippen molar-refractivity contribution in [1.82, 2.24) is 19.6 Å². The minimum atomic E-state index is -0.673. The van der Waals surface area contributed by atoms with E-state index < -0.39 is 11.7 Å². The number of amides is 2. The van der Waals surface area contributed by atoms with E-state index in [1.54, 1.807) is 70.1 Å². The van der Waals surface area contributed by atoms with Crippen molar-refractivity contribution in [3.8, 4) is 5.69 Å². The SMILES string of the molecule is CNc1nc2c(c(=O)n1-c1ccc3c(N(C)C(=O)OC(C)(C)C)noc3c1)C[C@@H](C)N(C(=O)c1ccc(Cl)c(Cl)c1)C2. The highest BCUT2D eigenvalue weighted by Gasteiger charge is 2.32. The highest BCUT2D eigenvalue weighted by molar-refractivity contribution is 6.42. The van der Waals surface area contributed by atoms with Gasteiger partial charge in [-0.1, -0.05) is 28.4 Å². The summed E-state index contributed by atoms with van der Waals surface area (Å²) in [6.07, 6.45) is -0.261. The molecule has 0 aliphatic carbocycles. The molecule has 2 aromatic carbocycles. The molecule has 0 bridgehead atoms. The monoisotopic (exact) mass is 612 g/mol. The zero-order valence-corrected chi connectivity index (χ0v) is 25.5. The average Bonchev–Trinajstić information content (AvgIpc) is 3.36. The molecule has 220 valence electrons. The first-order chi connectivity index (χ1) is 19.8. The summed E-state index contributed by atoms with van der Waals surface area (Å²) in [5.41, 5.74) is 1.36. The number of fused-ring (bicyclic) bond motifs is 2. The first kappa shape index (κ1) is 29.4. The highest BCUT2D eigenvalue weighted by Crippen LogP contribution is 2.30. The number of nitrogens with one attached hydrogen (secondary N) is 1. The van der Waals surface area contributed by atoms with Crippen molar-refractivity contribution in [1.29, 1.82) is 0 Å². The number of carbonyl (C=O) groups excluding carboxylic acids is 2. The zero-order chi connectivity index (χ0) is 30.5.